The van der Waals surface area contributed by atoms with Crippen molar-refractivity contribution in [2.45, 2.75) is 12.8 Å². The fourth-order valence-corrected chi connectivity index (χ4v) is 1.25. The van der Waals surface area contributed by atoms with Gasteiger partial charge in [0.2, 0.25) is 5.95 Å². The summed E-state index contributed by atoms with van der Waals surface area (Å²) in [5.41, 5.74) is -0.228. The average molecular weight is 191 g/mol. The summed E-state index contributed by atoms with van der Waals surface area (Å²) < 4.78 is 12.7. The first-order valence-corrected chi connectivity index (χ1v) is 4.52. The Labute approximate surface area is 81.6 Å². The van der Waals surface area contributed by atoms with Gasteiger partial charge in [-0.15, -0.1) is 0 Å². The maximum absolute atomic E-state index is 12.7. The van der Waals surface area contributed by atoms with Crippen LogP contribution in [0.5, 0.6) is 0 Å². The minimum atomic E-state index is -0.503. The van der Waals surface area contributed by atoms with Gasteiger partial charge >= 0.3 is 0 Å². The topological polar surface area (TPSA) is 48.7 Å². The van der Waals surface area contributed by atoms with Gasteiger partial charge in [-0.2, -0.15) is 9.65 Å². The van der Waals surface area contributed by atoms with Crippen molar-refractivity contribution in [1.29, 1.82) is 5.26 Å². The standard InChI is InChI=1S/C10H10FN3/c11-8-2-1-3-9(14-8)13-7-10(6-12)4-5-10/h1-3H,4-5,7H2,(H,13,14). The highest BCUT2D eigenvalue weighted by Gasteiger charge is 2.42. The first kappa shape index (κ1) is 8.95. The molecule has 1 heterocycles. The summed E-state index contributed by atoms with van der Waals surface area (Å²) in [7, 11) is 0. The predicted molar refractivity (Wildman–Crippen MR) is 50.0 cm³/mol. The number of hydrogen-bond acceptors (Lipinski definition) is 3. The summed E-state index contributed by atoms with van der Waals surface area (Å²) in [6, 6.07) is 6.83. The molecule has 0 aliphatic heterocycles. The lowest BCUT2D eigenvalue weighted by Crippen LogP contribution is -2.14. The van der Waals surface area contributed by atoms with Crippen LogP contribution in [0, 0.1) is 22.7 Å². The van der Waals surface area contributed by atoms with E-state index < -0.39 is 5.95 Å². The average Bonchev–Trinajstić information content (AvgIpc) is 2.96. The number of halogens is 1. The van der Waals surface area contributed by atoms with Crippen molar-refractivity contribution >= 4 is 5.82 Å². The molecule has 0 saturated heterocycles. The number of nitrogens with one attached hydrogen (secondary N) is 1. The summed E-state index contributed by atoms with van der Waals surface area (Å²) in [4.78, 5) is 3.65. The van der Waals surface area contributed by atoms with Crippen LogP contribution in [0.3, 0.4) is 0 Å². The molecular weight excluding hydrogens is 181 g/mol. The van der Waals surface area contributed by atoms with Crippen LogP contribution in [0.15, 0.2) is 18.2 Å². The zero-order valence-corrected chi connectivity index (χ0v) is 7.63. The van der Waals surface area contributed by atoms with E-state index in [0.29, 0.717) is 12.4 Å². The van der Waals surface area contributed by atoms with Crippen LogP contribution in [-0.2, 0) is 0 Å². The van der Waals surface area contributed by atoms with Gasteiger partial charge in [0.25, 0.3) is 0 Å². The van der Waals surface area contributed by atoms with Crippen LogP contribution >= 0.6 is 0 Å². The fourth-order valence-electron chi connectivity index (χ4n) is 1.25. The van der Waals surface area contributed by atoms with Crippen LogP contribution < -0.4 is 5.32 Å². The normalized spacial score (nSPS) is 17.1. The molecule has 1 aromatic heterocycles. The number of aromatic nitrogens is 1. The number of rotatable bonds is 3. The van der Waals surface area contributed by atoms with Crippen molar-refractivity contribution in [3.63, 3.8) is 0 Å². The predicted octanol–water partition coefficient (Wildman–Crippen LogP) is 1.94. The Hall–Kier alpha value is -1.63. The van der Waals surface area contributed by atoms with Crippen LogP contribution in [0.25, 0.3) is 0 Å². The van der Waals surface area contributed by atoms with E-state index in [2.05, 4.69) is 16.4 Å². The van der Waals surface area contributed by atoms with E-state index >= 15 is 0 Å². The van der Waals surface area contributed by atoms with Gasteiger partial charge in [-0.25, -0.2) is 4.98 Å². The molecule has 72 valence electrons. The third-order valence-corrected chi connectivity index (χ3v) is 2.41. The first-order valence-electron chi connectivity index (χ1n) is 4.52. The molecule has 1 fully saturated rings. The third-order valence-electron chi connectivity index (χ3n) is 2.41. The van der Waals surface area contributed by atoms with Crippen molar-refractivity contribution in [2.75, 3.05) is 11.9 Å². The summed E-state index contributed by atoms with van der Waals surface area (Å²) in [5.74, 6) is -0.0108. The molecule has 1 aliphatic carbocycles. The van der Waals surface area contributed by atoms with Gasteiger partial charge in [0.05, 0.1) is 11.5 Å². The van der Waals surface area contributed by atoms with E-state index in [4.69, 9.17) is 5.26 Å². The maximum Gasteiger partial charge on any atom is 0.214 e. The molecule has 2 rings (SSSR count). The Morgan fingerprint density at radius 2 is 2.36 bits per heavy atom. The Balaban J connectivity index is 1.96. The second kappa shape index (κ2) is 3.26. The van der Waals surface area contributed by atoms with Crippen molar-refractivity contribution in [2.24, 2.45) is 5.41 Å². The van der Waals surface area contributed by atoms with E-state index in [1.54, 1.807) is 12.1 Å². The van der Waals surface area contributed by atoms with Crippen LogP contribution in [0.2, 0.25) is 0 Å². The minimum absolute atomic E-state index is 0.228. The van der Waals surface area contributed by atoms with E-state index in [9.17, 15) is 4.39 Å². The molecule has 0 aromatic carbocycles. The number of anilines is 1. The highest BCUT2D eigenvalue weighted by atomic mass is 19.1. The summed E-state index contributed by atoms with van der Waals surface area (Å²) in [6.07, 6.45) is 1.84. The quantitative estimate of drug-likeness (QED) is 0.743. The highest BCUT2D eigenvalue weighted by molar-refractivity contribution is 5.35. The molecule has 1 aromatic rings. The minimum Gasteiger partial charge on any atom is -0.368 e. The lowest BCUT2D eigenvalue weighted by Gasteiger charge is -2.07. The van der Waals surface area contributed by atoms with Crippen LogP contribution in [-0.4, -0.2) is 11.5 Å². The van der Waals surface area contributed by atoms with Crippen molar-refractivity contribution < 1.29 is 4.39 Å². The van der Waals surface area contributed by atoms with Gasteiger partial charge in [0.1, 0.15) is 5.82 Å². The third kappa shape index (κ3) is 1.82. The van der Waals surface area contributed by atoms with E-state index in [1.807, 2.05) is 0 Å². The molecule has 0 unspecified atom stereocenters. The molecular formula is C10H10FN3. The molecule has 3 nitrogen and oxygen atoms in total. The fraction of sp³-hybridized carbons (Fsp3) is 0.400. The SMILES string of the molecule is N#CC1(CNc2cccc(F)n2)CC1. The first-order chi connectivity index (χ1) is 6.74. The van der Waals surface area contributed by atoms with Crippen molar-refractivity contribution in [3.8, 4) is 6.07 Å². The molecule has 4 heteroatoms. The van der Waals surface area contributed by atoms with E-state index in [-0.39, 0.29) is 5.41 Å². The van der Waals surface area contributed by atoms with Gasteiger partial charge in [-0.05, 0) is 25.0 Å². The van der Waals surface area contributed by atoms with Crippen molar-refractivity contribution in [1.82, 2.24) is 4.98 Å². The number of nitriles is 1. The maximum atomic E-state index is 12.7. The molecule has 1 aliphatic rings. The lowest BCUT2D eigenvalue weighted by atomic mass is 10.1. The molecule has 0 spiro atoms. The molecule has 0 radical (unpaired) electrons. The number of pyridine rings is 1. The monoisotopic (exact) mass is 191 g/mol. The molecule has 1 saturated carbocycles. The van der Waals surface area contributed by atoms with E-state index in [0.717, 1.165) is 12.8 Å². The van der Waals surface area contributed by atoms with Gasteiger partial charge in [-0.1, -0.05) is 6.07 Å². The molecule has 0 bridgehead atoms. The Kier molecular flexibility index (Phi) is 2.08. The zero-order valence-electron chi connectivity index (χ0n) is 7.63. The van der Waals surface area contributed by atoms with Gasteiger partial charge in [0.15, 0.2) is 0 Å². The van der Waals surface area contributed by atoms with Gasteiger partial charge in [0, 0.05) is 6.54 Å². The summed E-state index contributed by atoms with van der Waals surface area (Å²) in [5, 5.41) is 11.8. The highest BCUT2D eigenvalue weighted by Crippen LogP contribution is 2.44. The lowest BCUT2D eigenvalue weighted by molar-refractivity contribution is 0.584. The van der Waals surface area contributed by atoms with Crippen LogP contribution in [0.1, 0.15) is 12.8 Å². The summed E-state index contributed by atoms with van der Waals surface area (Å²) in [6.45, 7) is 0.556. The molecule has 0 amide bonds. The molecule has 1 N–H and O–H groups in total. The van der Waals surface area contributed by atoms with Crippen LogP contribution in [0.4, 0.5) is 10.2 Å². The van der Waals surface area contributed by atoms with Gasteiger partial charge < -0.3 is 5.32 Å². The number of nitrogens with zero attached hydrogens (tertiary/aromatic N) is 2. The Morgan fingerprint density at radius 1 is 1.57 bits per heavy atom. The largest absolute Gasteiger partial charge is 0.368 e. The second-order valence-electron chi connectivity index (χ2n) is 3.59. The van der Waals surface area contributed by atoms with E-state index in [1.165, 1.54) is 6.07 Å². The number of hydrogen-bond donors (Lipinski definition) is 1. The smallest absolute Gasteiger partial charge is 0.214 e. The zero-order chi connectivity index (χ0) is 10.0. The molecule has 14 heavy (non-hydrogen) atoms. The summed E-state index contributed by atoms with van der Waals surface area (Å²) >= 11 is 0. The second-order valence-corrected chi connectivity index (χ2v) is 3.59. The Bertz CT molecular complexity index is 379. The molecule has 0 atom stereocenters. The van der Waals surface area contributed by atoms with Crippen molar-refractivity contribution in [3.05, 3.63) is 24.1 Å². The Morgan fingerprint density at radius 3 is 2.93 bits per heavy atom. The van der Waals surface area contributed by atoms with Gasteiger partial charge in [-0.3, -0.25) is 0 Å².